The SMILES string of the molecule is CC(C)(C)OC(=O)CC/C(=C/c1ccccc1)c1ccccc1. The van der Waals surface area contributed by atoms with Crippen LogP contribution < -0.4 is 0 Å². The van der Waals surface area contributed by atoms with Gasteiger partial charge < -0.3 is 4.74 Å². The van der Waals surface area contributed by atoms with E-state index >= 15 is 0 Å². The molecule has 2 aromatic carbocycles. The molecule has 0 amide bonds. The summed E-state index contributed by atoms with van der Waals surface area (Å²) in [6.07, 6.45) is 3.18. The van der Waals surface area contributed by atoms with Crippen LogP contribution in [0.15, 0.2) is 60.7 Å². The van der Waals surface area contributed by atoms with Gasteiger partial charge in [0.1, 0.15) is 5.60 Å². The molecular weight excluding hydrogens is 284 g/mol. The lowest BCUT2D eigenvalue weighted by Gasteiger charge is -2.19. The highest BCUT2D eigenvalue weighted by molar-refractivity contribution is 5.83. The van der Waals surface area contributed by atoms with Gasteiger partial charge in [-0.3, -0.25) is 4.79 Å². The maximum Gasteiger partial charge on any atom is 0.306 e. The van der Waals surface area contributed by atoms with E-state index in [4.69, 9.17) is 4.74 Å². The monoisotopic (exact) mass is 308 g/mol. The standard InChI is InChI=1S/C21H24O2/c1-21(2,3)23-20(22)15-14-19(18-12-8-5-9-13-18)16-17-10-6-4-7-11-17/h4-13,16H,14-15H2,1-3H3/b19-16-. The lowest BCUT2D eigenvalue weighted by molar-refractivity contribution is -0.154. The molecule has 0 aliphatic carbocycles. The molecule has 0 aliphatic heterocycles. The summed E-state index contributed by atoms with van der Waals surface area (Å²) < 4.78 is 5.41. The third-order valence-corrected chi connectivity index (χ3v) is 3.30. The summed E-state index contributed by atoms with van der Waals surface area (Å²) in [6, 6.07) is 20.3. The number of hydrogen-bond acceptors (Lipinski definition) is 2. The minimum atomic E-state index is -0.437. The van der Waals surface area contributed by atoms with Crippen molar-refractivity contribution >= 4 is 17.6 Å². The molecule has 2 rings (SSSR count). The molecule has 2 heteroatoms. The van der Waals surface area contributed by atoms with E-state index in [1.165, 1.54) is 0 Å². The van der Waals surface area contributed by atoms with Crippen LogP contribution in [0, 0.1) is 0 Å². The maximum atomic E-state index is 12.0. The highest BCUT2D eigenvalue weighted by atomic mass is 16.6. The summed E-state index contributed by atoms with van der Waals surface area (Å²) in [5.41, 5.74) is 2.98. The summed E-state index contributed by atoms with van der Waals surface area (Å²) in [4.78, 5) is 12.0. The average Bonchev–Trinajstić information content (AvgIpc) is 2.51. The fourth-order valence-electron chi connectivity index (χ4n) is 2.33. The van der Waals surface area contributed by atoms with E-state index in [2.05, 4.69) is 30.3 Å². The molecular formula is C21H24O2. The smallest absolute Gasteiger partial charge is 0.306 e. The normalized spacial score (nSPS) is 12.0. The first-order valence-corrected chi connectivity index (χ1v) is 7.97. The third kappa shape index (κ3) is 6.11. The Bertz CT molecular complexity index is 649. The van der Waals surface area contributed by atoms with E-state index in [0.29, 0.717) is 12.8 Å². The number of hydrogen-bond donors (Lipinski definition) is 0. The molecule has 0 atom stereocenters. The van der Waals surface area contributed by atoms with Crippen molar-refractivity contribution in [3.63, 3.8) is 0 Å². The van der Waals surface area contributed by atoms with Gasteiger partial charge in [0.2, 0.25) is 0 Å². The van der Waals surface area contributed by atoms with Gasteiger partial charge in [0, 0.05) is 6.42 Å². The van der Waals surface area contributed by atoms with Gasteiger partial charge >= 0.3 is 5.97 Å². The lowest BCUT2D eigenvalue weighted by atomic mass is 9.98. The third-order valence-electron chi connectivity index (χ3n) is 3.30. The highest BCUT2D eigenvalue weighted by Crippen LogP contribution is 2.24. The molecule has 23 heavy (non-hydrogen) atoms. The van der Waals surface area contributed by atoms with Crippen molar-refractivity contribution in [2.45, 2.75) is 39.2 Å². The second kappa shape index (κ2) is 7.77. The van der Waals surface area contributed by atoms with Crippen LogP contribution in [-0.4, -0.2) is 11.6 Å². The van der Waals surface area contributed by atoms with Gasteiger partial charge in [-0.15, -0.1) is 0 Å². The van der Waals surface area contributed by atoms with Gasteiger partial charge in [-0.25, -0.2) is 0 Å². The van der Waals surface area contributed by atoms with Crippen LogP contribution >= 0.6 is 0 Å². The lowest BCUT2D eigenvalue weighted by Crippen LogP contribution is -2.23. The zero-order valence-electron chi connectivity index (χ0n) is 14.1. The highest BCUT2D eigenvalue weighted by Gasteiger charge is 2.16. The number of rotatable bonds is 5. The molecule has 0 aromatic heterocycles. The van der Waals surface area contributed by atoms with E-state index in [1.807, 2.05) is 57.2 Å². The molecule has 2 nitrogen and oxygen atoms in total. The van der Waals surface area contributed by atoms with Crippen molar-refractivity contribution in [2.75, 3.05) is 0 Å². The fraction of sp³-hybridized carbons (Fsp3) is 0.286. The molecule has 0 unspecified atom stereocenters. The molecule has 0 heterocycles. The summed E-state index contributed by atoms with van der Waals surface area (Å²) >= 11 is 0. The van der Waals surface area contributed by atoms with Crippen LogP contribution in [0.4, 0.5) is 0 Å². The van der Waals surface area contributed by atoms with Crippen LogP contribution in [0.3, 0.4) is 0 Å². The number of carbonyl (C=O) groups excluding carboxylic acids is 1. The molecule has 120 valence electrons. The molecule has 0 radical (unpaired) electrons. The van der Waals surface area contributed by atoms with Crippen LogP contribution in [0.1, 0.15) is 44.7 Å². The Kier molecular flexibility index (Phi) is 5.75. The van der Waals surface area contributed by atoms with Crippen LogP contribution in [0.5, 0.6) is 0 Å². The summed E-state index contributed by atoms with van der Waals surface area (Å²) in [6.45, 7) is 5.68. The fourth-order valence-corrected chi connectivity index (χ4v) is 2.33. The Labute approximate surface area is 138 Å². The second-order valence-corrected chi connectivity index (χ2v) is 6.53. The molecule has 2 aromatic rings. The number of ether oxygens (including phenoxy) is 1. The topological polar surface area (TPSA) is 26.3 Å². The number of carbonyl (C=O) groups is 1. The number of allylic oxidation sites excluding steroid dienone is 1. The first-order chi connectivity index (χ1) is 10.9. The van der Waals surface area contributed by atoms with Crippen molar-refractivity contribution in [2.24, 2.45) is 0 Å². The van der Waals surface area contributed by atoms with Crippen molar-refractivity contribution in [1.29, 1.82) is 0 Å². The zero-order valence-corrected chi connectivity index (χ0v) is 14.1. The Hall–Kier alpha value is -2.35. The first-order valence-electron chi connectivity index (χ1n) is 7.97. The zero-order chi connectivity index (χ0) is 16.7. The molecule has 0 spiro atoms. The number of benzene rings is 2. The van der Waals surface area contributed by atoms with E-state index in [0.717, 1.165) is 16.7 Å². The van der Waals surface area contributed by atoms with Crippen molar-refractivity contribution < 1.29 is 9.53 Å². The van der Waals surface area contributed by atoms with E-state index < -0.39 is 5.60 Å². The molecule has 0 saturated heterocycles. The molecule has 0 fully saturated rings. The molecule has 0 N–H and O–H groups in total. The molecule has 0 bridgehead atoms. The predicted octanol–water partition coefficient (Wildman–Crippen LogP) is 5.35. The quantitative estimate of drug-likeness (QED) is 0.550. The Morgan fingerprint density at radius 2 is 1.48 bits per heavy atom. The Morgan fingerprint density at radius 1 is 0.913 bits per heavy atom. The summed E-state index contributed by atoms with van der Waals surface area (Å²) in [7, 11) is 0. The Balaban J connectivity index is 2.15. The van der Waals surface area contributed by atoms with E-state index in [1.54, 1.807) is 0 Å². The summed E-state index contributed by atoms with van der Waals surface area (Å²) in [5, 5.41) is 0. The van der Waals surface area contributed by atoms with Gasteiger partial charge in [-0.2, -0.15) is 0 Å². The second-order valence-electron chi connectivity index (χ2n) is 6.53. The van der Waals surface area contributed by atoms with Crippen molar-refractivity contribution in [3.8, 4) is 0 Å². The van der Waals surface area contributed by atoms with Crippen LogP contribution in [0.2, 0.25) is 0 Å². The van der Waals surface area contributed by atoms with Gasteiger partial charge in [-0.05, 0) is 43.9 Å². The van der Waals surface area contributed by atoms with Gasteiger partial charge in [0.15, 0.2) is 0 Å². The van der Waals surface area contributed by atoms with Crippen molar-refractivity contribution in [3.05, 3.63) is 71.8 Å². The van der Waals surface area contributed by atoms with Gasteiger partial charge in [0.05, 0.1) is 0 Å². The molecule has 0 aliphatic rings. The van der Waals surface area contributed by atoms with Gasteiger partial charge in [0.25, 0.3) is 0 Å². The van der Waals surface area contributed by atoms with Crippen LogP contribution in [-0.2, 0) is 9.53 Å². The largest absolute Gasteiger partial charge is 0.460 e. The van der Waals surface area contributed by atoms with E-state index in [9.17, 15) is 4.79 Å². The minimum absolute atomic E-state index is 0.160. The van der Waals surface area contributed by atoms with Gasteiger partial charge in [-0.1, -0.05) is 66.7 Å². The minimum Gasteiger partial charge on any atom is -0.460 e. The first kappa shape index (κ1) is 17.0. The van der Waals surface area contributed by atoms with E-state index in [-0.39, 0.29) is 5.97 Å². The summed E-state index contributed by atoms with van der Waals surface area (Å²) in [5.74, 6) is -0.160. The predicted molar refractivity (Wildman–Crippen MR) is 95.8 cm³/mol. The molecule has 0 saturated carbocycles. The number of esters is 1. The maximum absolute atomic E-state index is 12.0. The average molecular weight is 308 g/mol. The Morgan fingerprint density at radius 3 is 2.04 bits per heavy atom. The van der Waals surface area contributed by atoms with Crippen LogP contribution in [0.25, 0.3) is 11.6 Å². The van der Waals surface area contributed by atoms with Crippen molar-refractivity contribution in [1.82, 2.24) is 0 Å².